The van der Waals surface area contributed by atoms with Crippen molar-refractivity contribution in [2.75, 3.05) is 25.2 Å². The SMILES string of the molecule is CSCCCNC1CCOC2(CCC2)C1. The van der Waals surface area contributed by atoms with Crippen molar-refractivity contribution < 1.29 is 4.74 Å². The van der Waals surface area contributed by atoms with Crippen LogP contribution in [0.15, 0.2) is 0 Å². The molecule has 2 fully saturated rings. The van der Waals surface area contributed by atoms with Crippen LogP contribution in [0.25, 0.3) is 0 Å². The molecule has 1 aliphatic heterocycles. The fraction of sp³-hybridized carbons (Fsp3) is 1.00. The summed E-state index contributed by atoms with van der Waals surface area (Å²) in [6.45, 7) is 2.15. The average molecular weight is 229 g/mol. The zero-order valence-corrected chi connectivity index (χ0v) is 10.6. The number of thioether (sulfide) groups is 1. The van der Waals surface area contributed by atoms with E-state index in [0.29, 0.717) is 5.60 Å². The maximum Gasteiger partial charge on any atom is 0.0697 e. The van der Waals surface area contributed by atoms with Gasteiger partial charge in [-0.25, -0.2) is 0 Å². The molecule has 3 heteroatoms. The first-order chi connectivity index (χ1) is 7.35. The van der Waals surface area contributed by atoms with Gasteiger partial charge in [0.05, 0.1) is 5.60 Å². The molecular weight excluding hydrogens is 206 g/mol. The van der Waals surface area contributed by atoms with Crippen molar-refractivity contribution in [3.63, 3.8) is 0 Å². The number of nitrogens with one attached hydrogen (secondary N) is 1. The van der Waals surface area contributed by atoms with Gasteiger partial charge in [0.1, 0.15) is 0 Å². The summed E-state index contributed by atoms with van der Waals surface area (Å²) in [6, 6.07) is 0.723. The Morgan fingerprint density at radius 1 is 1.47 bits per heavy atom. The average Bonchev–Trinajstić information content (AvgIpc) is 2.23. The molecule has 1 aliphatic carbocycles. The van der Waals surface area contributed by atoms with E-state index in [-0.39, 0.29) is 0 Å². The van der Waals surface area contributed by atoms with E-state index in [4.69, 9.17) is 4.74 Å². The first-order valence-electron chi connectivity index (χ1n) is 6.21. The molecule has 0 bridgehead atoms. The van der Waals surface area contributed by atoms with Crippen molar-refractivity contribution in [2.45, 2.75) is 50.2 Å². The minimum Gasteiger partial charge on any atom is -0.375 e. The summed E-state index contributed by atoms with van der Waals surface area (Å²) in [7, 11) is 0. The second-order valence-corrected chi connectivity index (χ2v) is 5.86. The van der Waals surface area contributed by atoms with Crippen LogP contribution in [0.2, 0.25) is 0 Å². The van der Waals surface area contributed by atoms with Crippen LogP contribution in [0.4, 0.5) is 0 Å². The van der Waals surface area contributed by atoms with Crippen LogP contribution in [0.5, 0.6) is 0 Å². The molecule has 0 aromatic heterocycles. The van der Waals surface area contributed by atoms with E-state index < -0.39 is 0 Å². The predicted molar refractivity (Wildman–Crippen MR) is 66.6 cm³/mol. The lowest BCUT2D eigenvalue weighted by molar-refractivity contribution is -0.135. The van der Waals surface area contributed by atoms with E-state index in [1.807, 2.05) is 11.8 Å². The molecule has 1 heterocycles. The summed E-state index contributed by atoms with van der Waals surface area (Å²) < 4.78 is 5.92. The molecule has 1 spiro atoms. The molecule has 2 aliphatic rings. The third-order valence-corrected chi connectivity index (χ3v) is 4.41. The summed E-state index contributed by atoms with van der Waals surface area (Å²) in [6.07, 6.45) is 9.92. The van der Waals surface area contributed by atoms with E-state index in [0.717, 1.165) is 12.6 Å². The van der Waals surface area contributed by atoms with Crippen LogP contribution in [-0.2, 0) is 4.74 Å². The molecule has 1 N–H and O–H groups in total. The summed E-state index contributed by atoms with van der Waals surface area (Å²) >= 11 is 1.94. The second kappa shape index (κ2) is 5.55. The Morgan fingerprint density at radius 3 is 3.00 bits per heavy atom. The Balaban J connectivity index is 1.64. The van der Waals surface area contributed by atoms with Gasteiger partial charge in [-0.05, 0) is 57.1 Å². The molecule has 1 atom stereocenters. The molecule has 0 aromatic rings. The van der Waals surface area contributed by atoms with Crippen molar-refractivity contribution in [1.29, 1.82) is 0 Å². The van der Waals surface area contributed by atoms with Crippen LogP contribution in [-0.4, -0.2) is 36.8 Å². The molecule has 2 rings (SSSR count). The van der Waals surface area contributed by atoms with Crippen molar-refractivity contribution in [3.8, 4) is 0 Å². The van der Waals surface area contributed by atoms with Gasteiger partial charge < -0.3 is 10.1 Å². The number of hydrogen-bond acceptors (Lipinski definition) is 3. The standard InChI is InChI=1S/C12H23NOS/c1-15-9-3-7-13-11-4-8-14-12(10-11)5-2-6-12/h11,13H,2-10H2,1H3. The third kappa shape index (κ3) is 3.11. The van der Waals surface area contributed by atoms with E-state index in [1.165, 1.54) is 50.8 Å². The topological polar surface area (TPSA) is 21.3 Å². The van der Waals surface area contributed by atoms with Crippen molar-refractivity contribution in [3.05, 3.63) is 0 Å². The zero-order chi connectivity index (χ0) is 10.6. The highest BCUT2D eigenvalue weighted by Gasteiger charge is 2.42. The summed E-state index contributed by atoms with van der Waals surface area (Å²) in [5.74, 6) is 1.28. The number of hydrogen-bond donors (Lipinski definition) is 1. The van der Waals surface area contributed by atoms with E-state index in [9.17, 15) is 0 Å². The van der Waals surface area contributed by atoms with Gasteiger partial charge in [0.25, 0.3) is 0 Å². The molecular formula is C12H23NOS. The largest absolute Gasteiger partial charge is 0.375 e. The first kappa shape index (κ1) is 11.7. The molecule has 1 saturated heterocycles. The lowest BCUT2D eigenvalue weighted by Gasteiger charge is -2.47. The maximum absolute atomic E-state index is 5.92. The Bertz CT molecular complexity index is 194. The number of rotatable bonds is 5. The molecule has 0 amide bonds. The Morgan fingerprint density at radius 2 is 2.33 bits per heavy atom. The van der Waals surface area contributed by atoms with Gasteiger partial charge in [0.15, 0.2) is 0 Å². The third-order valence-electron chi connectivity index (χ3n) is 3.72. The van der Waals surface area contributed by atoms with Crippen LogP contribution < -0.4 is 5.32 Å². The van der Waals surface area contributed by atoms with Gasteiger partial charge in [0, 0.05) is 12.6 Å². The monoisotopic (exact) mass is 229 g/mol. The zero-order valence-electron chi connectivity index (χ0n) is 9.76. The minimum atomic E-state index is 0.301. The first-order valence-corrected chi connectivity index (χ1v) is 7.60. The van der Waals surface area contributed by atoms with Gasteiger partial charge >= 0.3 is 0 Å². The molecule has 2 nitrogen and oxygen atoms in total. The molecule has 1 saturated carbocycles. The molecule has 88 valence electrons. The van der Waals surface area contributed by atoms with Crippen LogP contribution >= 0.6 is 11.8 Å². The van der Waals surface area contributed by atoms with Gasteiger partial charge in [-0.3, -0.25) is 0 Å². The summed E-state index contributed by atoms with van der Waals surface area (Å²) in [4.78, 5) is 0. The predicted octanol–water partition coefficient (Wildman–Crippen LogP) is 2.43. The van der Waals surface area contributed by atoms with Crippen molar-refractivity contribution in [2.24, 2.45) is 0 Å². The maximum atomic E-state index is 5.92. The van der Waals surface area contributed by atoms with E-state index >= 15 is 0 Å². The second-order valence-electron chi connectivity index (χ2n) is 4.88. The van der Waals surface area contributed by atoms with Crippen LogP contribution in [0.1, 0.15) is 38.5 Å². The number of ether oxygens (including phenoxy) is 1. The molecule has 0 radical (unpaired) electrons. The highest BCUT2D eigenvalue weighted by molar-refractivity contribution is 7.98. The van der Waals surface area contributed by atoms with Gasteiger partial charge in [0.2, 0.25) is 0 Å². The quantitative estimate of drug-likeness (QED) is 0.732. The lowest BCUT2D eigenvalue weighted by atomic mass is 9.74. The Labute approximate surface area is 97.5 Å². The fourth-order valence-electron chi connectivity index (χ4n) is 2.64. The summed E-state index contributed by atoms with van der Waals surface area (Å²) in [5, 5.41) is 3.69. The van der Waals surface area contributed by atoms with E-state index in [2.05, 4.69) is 11.6 Å². The minimum absolute atomic E-state index is 0.301. The van der Waals surface area contributed by atoms with Gasteiger partial charge in [-0.15, -0.1) is 0 Å². The molecule has 15 heavy (non-hydrogen) atoms. The van der Waals surface area contributed by atoms with Crippen LogP contribution in [0.3, 0.4) is 0 Å². The van der Waals surface area contributed by atoms with Crippen molar-refractivity contribution in [1.82, 2.24) is 5.32 Å². The smallest absolute Gasteiger partial charge is 0.0697 e. The highest BCUT2D eigenvalue weighted by Crippen LogP contribution is 2.42. The highest BCUT2D eigenvalue weighted by atomic mass is 32.2. The van der Waals surface area contributed by atoms with Crippen molar-refractivity contribution >= 4 is 11.8 Å². The van der Waals surface area contributed by atoms with Gasteiger partial charge in [-0.2, -0.15) is 11.8 Å². The fourth-order valence-corrected chi connectivity index (χ4v) is 3.08. The van der Waals surface area contributed by atoms with Crippen LogP contribution in [0, 0.1) is 0 Å². The Kier molecular flexibility index (Phi) is 4.35. The molecule has 0 aromatic carbocycles. The summed E-state index contributed by atoms with van der Waals surface area (Å²) in [5.41, 5.74) is 0.301. The van der Waals surface area contributed by atoms with Gasteiger partial charge in [-0.1, -0.05) is 0 Å². The molecule has 1 unspecified atom stereocenters. The van der Waals surface area contributed by atoms with E-state index in [1.54, 1.807) is 0 Å². The Hall–Kier alpha value is 0.270. The lowest BCUT2D eigenvalue weighted by Crippen LogP contribution is -2.51. The normalized spacial score (nSPS) is 29.0.